The van der Waals surface area contributed by atoms with Gasteiger partial charge >= 0.3 is 6.18 Å². The fraction of sp³-hybridized carbons (Fsp3) is 0.333. The average Bonchev–Trinajstić information content (AvgIpc) is 2.49. The molecular formula is C12H11F3N2O2. The van der Waals surface area contributed by atoms with Crippen LogP contribution in [0.25, 0.3) is 0 Å². The van der Waals surface area contributed by atoms with E-state index in [9.17, 15) is 22.8 Å². The highest BCUT2D eigenvalue weighted by Gasteiger charge is 2.42. The van der Waals surface area contributed by atoms with E-state index in [1.165, 1.54) is 25.1 Å². The number of hydrogen-bond donors (Lipinski definition) is 1. The van der Waals surface area contributed by atoms with E-state index in [0.29, 0.717) is 4.90 Å². The zero-order chi connectivity index (χ0) is 14.4. The summed E-state index contributed by atoms with van der Waals surface area (Å²) in [7, 11) is 0. The number of benzene rings is 1. The second-order valence-electron chi connectivity index (χ2n) is 4.45. The first-order valence-electron chi connectivity index (χ1n) is 5.55. The van der Waals surface area contributed by atoms with Gasteiger partial charge in [0.05, 0.1) is 17.5 Å². The molecule has 1 unspecified atom stereocenters. The normalized spacial score (nSPS) is 16.7. The van der Waals surface area contributed by atoms with Gasteiger partial charge < -0.3 is 5.73 Å². The maximum Gasteiger partial charge on any atom is 0.391 e. The molecule has 0 bridgehead atoms. The number of nitrogens with two attached hydrogens (primary N) is 1. The van der Waals surface area contributed by atoms with Crippen LogP contribution in [0.4, 0.5) is 18.9 Å². The number of amides is 2. The highest BCUT2D eigenvalue weighted by atomic mass is 19.4. The Labute approximate surface area is 107 Å². The van der Waals surface area contributed by atoms with Crippen LogP contribution in [-0.4, -0.2) is 28.9 Å². The molecule has 0 radical (unpaired) electrons. The standard InChI is InChI=1S/C12H11F3N2O2/c1-6(5-12(13,14)15)17-10(18)8-3-2-7(16)4-9(8)11(17)19/h2-4,6H,5,16H2,1H3. The molecule has 2 amide bonds. The van der Waals surface area contributed by atoms with Gasteiger partial charge in [-0.15, -0.1) is 0 Å². The predicted octanol–water partition coefficient (Wildman–Crippen LogP) is 2.21. The molecule has 0 aliphatic carbocycles. The molecule has 1 heterocycles. The Morgan fingerprint density at radius 2 is 1.79 bits per heavy atom. The molecule has 0 fully saturated rings. The van der Waals surface area contributed by atoms with Crippen molar-refractivity contribution in [3.05, 3.63) is 29.3 Å². The van der Waals surface area contributed by atoms with Crippen molar-refractivity contribution in [3.63, 3.8) is 0 Å². The molecule has 1 aliphatic heterocycles. The summed E-state index contributed by atoms with van der Waals surface area (Å²) in [5.74, 6) is -1.44. The van der Waals surface area contributed by atoms with Gasteiger partial charge in [-0.05, 0) is 25.1 Å². The molecule has 2 rings (SSSR count). The molecule has 1 aromatic rings. The van der Waals surface area contributed by atoms with Crippen LogP contribution in [0, 0.1) is 0 Å². The number of alkyl halides is 3. The van der Waals surface area contributed by atoms with Crippen LogP contribution in [0.15, 0.2) is 18.2 Å². The fourth-order valence-electron chi connectivity index (χ4n) is 2.10. The average molecular weight is 272 g/mol. The Hall–Kier alpha value is -2.05. The second kappa shape index (κ2) is 4.25. The Morgan fingerprint density at radius 1 is 1.21 bits per heavy atom. The van der Waals surface area contributed by atoms with Gasteiger partial charge in [-0.3, -0.25) is 14.5 Å². The molecule has 0 spiro atoms. The van der Waals surface area contributed by atoms with Gasteiger partial charge in [0.1, 0.15) is 0 Å². The number of imide groups is 1. The van der Waals surface area contributed by atoms with Crippen LogP contribution < -0.4 is 5.73 Å². The Bertz CT molecular complexity index is 554. The van der Waals surface area contributed by atoms with Crippen molar-refractivity contribution in [3.8, 4) is 0 Å². The lowest BCUT2D eigenvalue weighted by Gasteiger charge is -2.23. The van der Waals surface area contributed by atoms with E-state index >= 15 is 0 Å². The Kier molecular flexibility index (Phi) is 3.00. The topological polar surface area (TPSA) is 63.4 Å². The lowest BCUT2D eigenvalue weighted by molar-refractivity contribution is -0.142. The van der Waals surface area contributed by atoms with Crippen LogP contribution in [0.1, 0.15) is 34.1 Å². The van der Waals surface area contributed by atoms with Gasteiger partial charge in [0.2, 0.25) is 0 Å². The minimum atomic E-state index is -4.44. The predicted molar refractivity (Wildman–Crippen MR) is 61.5 cm³/mol. The molecule has 0 saturated carbocycles. The number of anilines is 1. The zero-order valence-corrected chi connectivity index (χ0v) is 9.99. The maximum atomic E-state index is 12.3. The van der Waals surface area contributed by atoms with Gasteiger partial charge in [0.15, 0.2) is 0 Å². The molecular weight excluding hydrogens is 261 g/mol. The highest BCUT2D eigenvalue weighted by molar-refractivity contribution is 6.21. The summed E-state index contributed by atoms with van der Waals surface area (Å²) in [6.07, 6.45) is -5.66. The molecule has 1 aromatic carbocycles. The van der Waals surface area contributed by atoms with Crippen molar-refractivity contribution in [2.45, 2.75) is 25.6 Å². The Morgan fingerprint density at radius 3 is 2.37 bits per heavy atom. The van der Waals surface area contributed by atoms with Crippen molar-refractivity contribution < 1.29 is 22.8 Å². The minimum Gasteiger partial charge on any atom is -0.399 e. The summed E-state index contributed by atoms with van der Waals surface area (Å²) in [6.45, 7) is 1.19. The van der Waals surface area contributed by atoms with E-state index in [2.05, 4.69) is 0 Å². The van der Waals surface area contributed by atoms with E-state index in [4.69, 9.17) is 5.73 Å². The smallest absolute Gasteiger partial charge is 0.391 e. The minimum absolute atomic E-state index is 0.0547. The van der Waals surface area contributed by atoms with E-state index in [0.717, 1.165) is 0 Å². The summed E-state index contributed by atoms with van der Waals surface area (Å²) in [4.78, 5) is 24.5. The molecule has 102 valence electrons. The number of fused-ring (bicyclic) bond motifs is 1. The molecule has 1 aliphatic rings. The summed E-state index contributed by atoms with van der Waals surface area (Å²) < 4.78 is 37.0. The lowest BCUT2D eigenvalue weighted by Crippen LogP contribution is -2.40. The first kappa shape index (κ1) is 13.4. The largest absolute Gasteiger partial charge is 0.399 e. The third-order valence-electron chi connectivity index (χ3n) is 2.91. The van der Waals surface area contributed by atoms with E-state index < -0.39 is 30.5 Å². The number of nitrogen functional groups attached to an aromatic ring is 1. The monoisotopic (exact) mass is 272 g/mol. The van der Waals surface area contributed by atoms with E-state index in [1.807, 2.05) is 0 Å². The summed E-state index contributed by atoms with van der Waals surface area (Å²) in [5.41, 5.74) is 5.93. The van der Waals surface area contributed by atoms with Crippen molar-refractivity contribution in [1.82, 2.24) is 4.90 Å². The van der Waals surface area contributed by atoms with Gasteiger partial charge in [0, 0.05) is 11.7 Å². The second-order valence-corrected chi connectivity index (χ2v) is 4.45. The van der Waals surface area contributed by atoms with Gasteiger partial charge in [-0.25, -0.2) is 0 Å². The SMILES string of the molecule is CC(CC(F)(F)F)N1C(=O)c2ccc(N)cc2C1=O. The molecule has 0 saturated heterocycles. The third kappa shape index (κ3) is 2.40. The van der Waals surface area contributed by atoms with Crippen molar-refractivity contribution >= 4 is 17.5 Å². The zero-order valence-electron chi connectivity index (χ0n) is 9.99. The summed E-state index contributed by atoms with van der Waals surface area (Å²) >= 11 is 0. The number of nitrogens with zero attached hydrogens (tertiary/aromatic N) is 1. The molecule has 2 N–H and O–H groups in total. The molecule has 4 nitrogen and oxygen atoms in total. The molecule has 1 atom stereocenters. The fourth-order valence-corrected chi connectivity index (χ4v) is 2.10. The van der Waals surface area contributed by atoms with Crippen LogP contribution in [0.3, 0.4) is 0 Å². The number of halogens is 3. The van der Waals surface area contributed by atoms with Crippen molar-refractivity contribution in [1.29, 1.82) is 0 Å². The molecule has 7 heteroatoms. The quantitative estimate of drug-likeness (QED) is 0.663. The van der Waals surface area contributed by atoms with E-state index in [-0.39, 0.29) is 16.8 Å². The number of rotatable bonds is 2. The van der Waals surface area contributed by atoms with Crippen molar-refractivity contribution in [2.75, 3.05) is 5.73 Å². The number of carbonyl (C=O) groups is 2. The molecule has 19 heavy (non-hydrogen) atoms. The third-order valence-corrected chi connectivity index (χ3v) is 2.91. The first-order valence-corrected chi connectivity index (χ1v) is 5.55. The van der Waals surface area contributed by atoms with Crippen LogP contribution in [-0.2, 0) is 0 Å². The van der Waals surface area contributed by atoms with Gasteiger partial charge in [-0.1, -0.05) is 0 Å². The highest BCUT2D eigenvalue weighted by Crippen LogP contribution is 2.30. The van der Waals surface area contributed by atoms with Crippen LogP contribution >= 0.6 is 0 Å². The first-order chi connectivity index (χ1) is 8.70. The van der Waals surface area contributed by atoms with E-state index in [1.54, 1.807) is 0 Å². The van der Waals surface area contributed by atoms with Gasteiger partial charge in [0.25, 0.3) is 11.8 Å². The van der Waals surface area contributed by atoms with Crippen LogP contribution in [0.2, 0.25) is 0 Å². The van der Waals surface area contributed by atoms with Crippen molar-refractivity contribution in [2.24, 2.45) is 0 Å². The number of hydrogen-bond acceptors (Lipinski definition) is 3. The Balaban J connectivity index is 2.32. The lowest BCUT2D eigenvalue weighted by atomic mass is 10.1. The summed E-state index contributed by atoms with van der Waals surface area (Å²) in [5, 5.41) is 0. The van der Waals surface area contributed by atoms with Crippen LogP contribution in [0.5, 0.6) is 0 Å². The maximum absolute atomic E-state index is 12.3. The number of carbonyl (C=O) groups excluding carboxylic acids is 2. The van der Waals surface area contributed by atoms with Gasteiger partial charge in [-0.2, -0.15) is 13.2 Å². The summed E-state index contributed by atoms with van der Waals surface area (Å²) in [6, 6.07) is 2.84. The molecule has 0 aromatic heterocycles.